The van der Waals surface area contributed by atoms with Crippen molar-refractivity contribution in [1.29, 1.82) is 0 Å². The van der Waals surface area contributed by atoms with Crippen LogP contribution in [0.2, 0.25) is 0 Å². The molecule has 1 aromatic carbocycles. The number of hydrogen-bond donors (Lipinski definition) is 2. The maximum atomic E-state index is 12.1. The lowest BCUT2D eigenvalue weighted by Crippen LogP contribution is -2.43. The Hall–Kier alpha value is -1.44. The van der Waals surface area contributed by atoms with E-state index < -0.39 is 28.6 Å². The predicted molar refractivity (Wildman–Crippen MR) is 73.6 cm³/mol. The Bertz CT molecular complexity index is 538. The summed E-state index contributed by atoms with van der Waals surface area (Å²) >= 11 is 0. The van der Waals surface area contributed by atoms with Crippen molar-refractivity contribution < 1.29 is 23.1 Å². The first-order chi connectivity index (χ1) is 9.44. The number of esters is 1. The SMILES string of the molecule is CCCc1ccc(S(=O)(=O)NC(CO)C(=O)OC)cc1. The number of sulfonamides is 1. The zero-order valence-corrected chi connectivity index (χ0v) is 12.3. The van der Waals surface area contributed by atoms with Crippen molar-refractivity contribution in [3.05, 3.63) is 29.8 Å². The van der Waals surface area contributed by atoms with Crippen LogP contribution in [0.4, 0.5) is 0 Å². The number of hydrogen-bond acceptors (Lipinski definition) is 5. The molecule has 2 N–H and O–H groups in total. The number of carbonyl (C=O) groups excluding carboxylic acids is 1. The number of rotatable bonds is 7. The fourth-order valence-corrected chi connectivity index (χ4v) is 2.86. The first kappa shape index (κ1) is 16.6. The van der Waals surface area contributed by atoms with Crippen LogP contribution in [0.1, 0.15) is 18.9 Å². The fraction of sp³-hybridized carbons (Fsp3) is 0.462. The quantitative estimate of drug-likeness (QED) is 0.713. The Kier molecular flexibility index (Phi) is 6.12. The molecule has 0 saturated heterocycles. The van der Waals surface area contributed by atoms with E-state index in [2.05, 4.69) is 9.46 Å². The zero-order valence-electron chi connectivity index (χ0n) is 11.5. The first-order valence-electron chi connectivity index (χ1n) is 6.24. The summed E-state index contributed by atoms with van der Waals surface area (Å²) in [5, 5.41) is 9.02. The van der Waals surface area contributed by atoms with E-state index in [-0.39, 0.29) is 4.90 Å². The summed E-state index contributed by atoms with van der Waals surface area (Å²) < 4.78 is 30.6. The molecule has 0 heterocycles. The van der Waals surface area contributed by atoms with Crippen LogP contribution in [0.3, 0.4) is 0 Å². The summed E-state index contributed by atoms with van der Waals surface area (Å²) in [6.07, 6.45) is 1.84. The van der Waals surface area contributed by atoms with Crippen molar-refractivity contribution in [2.24, 2.45) is 0 Å². The lowest BCUT2D eigenvalue weighted by Gasteiger charge is -2.14. The average molecular weight is 301 g/mol. The van der Waals surface area contributed by atoms with Gasteiger partial charge in [0.05, 0.1) is 18.6 Å². The largest absolute Gasteiger partial charge is 0.468 e. The van der Waals surface area contributed by atoms with E-state index in [0.717, 1.165) is 25.5 Å². The lowest BCUT2D eigenvalue weighted by molar-refractivity contribution is -0.143. The Balaban J connectivity index is 2.90. The average Bonchev–Trinajstić information content (AvgIpc) is 2.45. The van der Waals surface area contributed by atoms with E-state index in [1.54, 1.807) is 12.1 Å². The van der Waals surface area contributed by atoms with Gasteiger partial charge in [0.25, 0.3) is 0 Å². The van der Waals surface area contributed by atoms with Crippen molar-refractivity contribution in [3.8, 4) is 0 Å². The number of aliphatic hydroxyl groups is 1. The zero-order chi connectivity index (χ0) is 15.2. The summed E-state index contributed by atoms with van der Waals surface area (Å²) in [6.45, 7) is 1.37. The molecule has 1 unspecified atom stereocenters. The summed E-state index contributed by atoms with van der Waals surface area (Å²) in [4.78, 5) is 11.3. The molecule has 1 aromatic rings. The first-order valence-corrected chi connectivity index (χ1v) is 7.73. The van der Waals surface area contributed by atoms with Crippen LogP contribution < -0.4 is 4.72 Å². The highest BCUT2D eigenvalue weighted by molar-refractivity contribution is 7.89. The summed E-state index contributed by atoms with van der Waals surface area (Å²) in [5.74, 6) is -0.835. The highest BCUT2D eigenvalue weighted by Crippen LogP contribution is 2.12. The van der Waals surface area contributed by atoms with Gasteiger partial charge in [-0.25, -0.2) is 8.42 Å². The van der Waals surface area contributed by atoms with Crippen LogP contribution in [-0.2, 0) is 26.0 Å². The monoisotopic (exact) mass is 301 g/mol. The van der Waals surface area contributed by atoms with Gasteiger partial charge in [-0.1, -0.05) is 25.5 Å². The summed E-state index contributed by atoms with van der Waals surface area (Å²) in [7, 11) is -2.75. The number of benzene rings is 1. The van der Waals surface area contributed by atoms with E-state index in [1.165, 1.54) is 12.1 Å². The molecule has 0 spiro atoms. The third-order valence-corrected chi connectivity index (χ3v) is 4.23. The van der Waals surface area contributed by atoms with Crippen molar-refractivity contribution in [2.45, 2.75) is 30.7 Å². The van der Waals surface area contributed by atoms with Gasteiger partial charge in [-0.2, -0.15) is 4.72 Å². The van der Waals surface area contributed by atoms with Gasteiger partial charge in [0.1, 0.15) is 6.04 Å². The topological polar surface area (TPSA) is 92.7 Å². The molecule has 1 rings (SSSR count). The minimum absolute atomic E-state index is 0.0414. The van der Waals surface area contributed by atoms with Crippen molar-refractivity contribution in [3.63, 3.8) is 0 Å². The third-order valence-electron chi connectivity index (χ3n) is 2.74. The van der Waals surface area contributed by atoms with Gasteiger partial charge in [-0.05, 0) is 24.1 Å². The maximum absolute atomic E-state index is 12.1. The Morgan fingerprint density at radius 3 is 2.40 bits per heavy atom. The molecule has 0 saturated carbocycles. The smallest absolute Gasteiger partial charge is 0.326 e. The number of ether oxygens (including phenoxy) is 1. The molecule has 7 heteroatoms. The Morgan fingerprint density at radius 1 is 1.35 bits per heavy atom. The molecule has 0 amide bonds. The molecule has 0 aromatic heterocycles. The predicted octanol–water partition coefficient (Wildman–Crippen LogP) is 0.451. The van der Waals surface area contributed by atoms with E-state index in [1.807, 2.05) is 6.92 Å². The van der Waals surface area contributed by atoms with Gasteiger partial charge in [-0.3, -0.25) is 4.79 Å². The normalized spacial score (nSPS) is 12.9. The molecule has 1 atom stereocenters. The molecule has 20 heavy (non-hydrogen) atoms. The van der Waals surface area contributed by atoms with E-state index in [0.29, 0.717) is 0 Å². The number of aliphatic hydroxyl groups excluding tert-OH is 1. The van der Waals surface area contributed by atoms with Crippen molar-refractivity contribution in [2.75, 3.05) is 13.7 Å². The summed E-state index contributed by atoms with van der Waals surface area (Å²) in [6, 6.07) is 5.09. The molecule has 0 aliphatic rings. The standard InChI is InChI=1S/C13H19NO5S/c1-3-4-10-5-7-11(8-6-10)20(17,18)14-12(9-15)13(16)19-2/h5-8,12,14-15H,3-4,9H2,1-2H3. The second-order valence-electron chi connectivity index (χ2n) is 4.27. The minimum Gasteiger partial charge on any atom is -0.468 e. The highest BCUT2D eigenvalue weighted by Gasteiger charge is 2.25. The van der Waals surface area contributed by atoms with Gasteiger partial charge >= 0.3 is 5.97 Å². The van der Waals surface area contributed by atoms with Crippen molar-refractivity contribution in [1.82, 2.24) is 4.72 Å². The fourth-order valence-electron chi connectivity index (χ4n) is 1.68. The molecule has 0 bridgehead atoms. The third kappa shape index (κ3) is 4.29. The number of methoxy groups -OCH3 is 1. The van der Waals surface area contributed by atoms with E-state index >= 15 is 0 Å². The molecule has 0 aliphatic heterocycles. The molecule has 0 aliphatic carbocycles. The number of nitrogens with one attached hydrogen (secondary N) is 1. The molecule has 112 valence electrons. The van der Waals surface area contributed by atoms with Gasteiger partial charge in [0.2, 0.25) is 10.0 Å². The number of carbonyl (C=O) groups is 1. The second kappa shape index (κ2) is 7.37. The molecule has 0 fully saturated rings. The van der Waals surface area contributed by atoms with Gasteiger partial charge in [-0.15, -0.1) is 0 Å². The van der Waals surface area contributed by atoms with E-state index in [9.17, 15) is 13.2 Å². The van der Waals surface area contributed by atoms with Crippen LogP contribution in [-0.4, -0.2) is 39.3 Å². The van der Waals surface area contributed by atoms with Crippen LogP contribution in [0.25, 0.3) is 0 Å². The van der Waals surface area contributed by atoms with Gasteiger partial charge in [0, 0.05) is 0 Å². The Labute approximate surface area is 118 Å². The molecular formula is C13H19NO5S. The maximum Gasteiger partial charge on any atom is 0.326 e. The number of aryl methyl sites for hydroxylation is 1. The Morgan fingerprint density at radius 2 is 1.95 bits per heavy atom. The minimum atomic E-state index is -3.87. The van der Waals surface area contributed by atoms with Crippen molar-refractivity contribution >= 4 is 16.0 Å². The molecular weight excluding hydrogens is 282 g/mol. The molecule has 6 nitrogen and oxygen atoms in total. The molecule has 0 radical (unpaired) electrons. The van der Waals surface area contributed by atoms with Crippen LogP contribution >= 0.6 is 0 Å². The van der Waals surface area contributed by atoms with Gasteiger partial charge < -0.3 is 9.84 Å². The second-order valence-corrected chi connectivity index (χ2v) is 5.99. The van der Waals surface area contributed by atoms with E-state index in [4.69, 9.17) is 5.11 Å². The van der Waals surface area contributed by atoms with Crippen LogP contribution in [0.5, 0.6) is 0 Å². The summed E-state index contributed by atoms with van der Waals surface area (Å²) in [5.41, 5.74) is 1.04. The highest BCUT2D eigenvalue weighted by atomic mass is 32.2. The lowest BCUT2D eigenvalue weighted by atomic mass is 10.1. The van der Waals surface area contributed by atoms with Crippen LogP contribution in [0, 0.1) is 0 Å². The van der Waals surface area contributed by atoms with Crippen LogP contribution in [0.15, 0.2) is 29.2 Å². The van der Waals surface area contributed by atoms with Gasteiger partial charge in [0.15, 0.2) is 0 Å².